The van der Waals surface area contributed by atoms with Gasteiger partial charge < -0.3 is 4.74 Å². The first-order chi connectivity index (χ1) is 13.7. The molecule has 0 unspecified atom stereocenters. The second kappa shape index (κ2) is 6.57. The Morgan fingerprint density at radius 2 is 1.79 bits per heavy atom. The van der Waals surface area contributed by atoms with Crippen LogP contribution in [-0.2, 0) is 0 Å². The number of methoxy groups -OCH3 is 1. The first-order valence-corrected chi connectivity index (χ1v) is 9.75. The Labute approximate surface area is 173 Å². The molecule has 0 bridgehead atoms. The lowest BCUT2D eigenvalue weighted by molar-refractivity contribution is 0.415. The molecule has 28 heavy (non-hydrogen) atoms. The maximum Gasteiger partial charge on any atom is 0.255 e. The van der Waals surface area contributed by atoms with E-state index >= 15 is 0 Å². The molecule has 0 fully saturated rings. The molecule has 6 nitrogen and oxygen atoms in total. The molecule has 0 radical (unpaired) electrons. The minimum atomic E-state index is 0.500. The number of hydrogen-bond donors (Lipinski definition) is 1. The first kappa shape index (κ1) is 17.2. The number of halogens is 1. The van der Waals surface area contributed by atoms with Crippen LogP contribution < -0.4 is 4.74 Å². The summed E-state index contributed by atoms with van der Waals surface area (Å²) < 4.78 is 10.4. The lowest BCUT2D eigenvalue weighted by Crippen LogP contribution is -2.02. The van der Waals surface area contributed by atoms with Crippen molar-refractivity contribution >= 4 is 39.4 Å². The Hall–Kier alpha value is -2.97. The third-order valence-corrected chi connectivity index (χ3v) is 5.70. The molecule has 0 aliphatic rings. The van der Waals surface area contributed by atoms with E-state index in [-0.39, 0.29) is 0 Å². The van der Waals surface area contributed by atoms with Crippen molar-refractivity contribution in [3.05, 3.63) is 69.9 Å². The van der Waals surface area contributed by atoms with Crippen LogP contribution in [-0.4, -0.2) is 31.3 Å². The smallest absolute Gasteiger partial charge is 0.255 e. The number of rotatable bonds is 3. The molecule has 0 spiro atoms. The highest BCUT2D eigenvalue weighted by atomic mass is 79.9. The van der Waals surface area contributed by atoms with E-state index in [1.165, 1.54) is 0 Å². The van der Waals surface area contributed by atoms with Gasteiger partial charge in [-0.05, 0) is 58.5 Å². The summed E-state index contributed by atoms with van der Waals surface area (Å²) in [6.07, 6.45) is 0. The number of benzene rings is 2. The molecule has 3 heterocycles. The van der Waals surface area contributed by atoms with Crippen LogP contribution in [0.15, 0.2) is 65.1 Å². The summed E-state index contributed by atoms with van der Waals surface area (Å²) in [7, 11) is 1.65. The second-order valence-corrected chi connectivity index (χ2v) is 7.43. The van der Waals surface area contributed by atoms with E-state index in [0.717, 1.165) is 38.3 Å². The fourth-order valence-corrected chi connectivity index (χ4v) is 4.20. The molecule has 3 aromatic heterocycles. The van der Waals surface area contributed by atoms with Gasteiger partial charge in [-0.25, -0.2) is 5.10 Å². The average Bonchev–Trinajstić information content (AvgIpc) is 3.34. The van der Waals surface area contributed by atoms with Crippen LogP contribution in [0.4, 0.5) is 0 Å². The summed E-state index contributed by atoms with van der Waals surface area (Å²) in [4.78, 5) is 0. The van der Waals surface area contributed by atoms with Crippen LogP contribution in [0.2, 0.25) is 0 Å². The molecule has 0 atom stereocenters. The van der Waals surface area contributed by atoms with Crippen molar-refractivity contribution in [3.8, 4) is 28.3 Å². The van der Waals surface area contributed by atoms with Crippen LogP contribution in [0.1, 0.15) is 0 Å². The highest BCUT2D eigenvalue weighted by molar-refractivity contribution is 9.10. The number of nitrogens with zero attached hydrogens (tertiary/aromatic N) is 4. The molecule has 138 valence electrons. The predicted molar refractivity (Wildman–Crippen MR) is 114 cm³/mol. The predicted octanol–water partition coefficient (Wildman–Crippen LogP) is 5.14. The van der Waals surface area contributed by atoms with Crippen LogP contribution in [0.5, 0.6) is 5.75 Å². The molecule has 0 aliphatic carbocycles. The molecule has 1 N–H and O–H groups in total. The van der Waals surface area contributed by atoms with E-state index in [4.69, 9.17) is 22.1 Å². The van der Waals surface area contributed by atoms with E-state index in [1.807, 2.05) is 65.1 Å². The Kier molecular flexibility index (Phi) is 4.03. The van der Waals surface area contributed by atoms with Gasteiger partial charge >= 0.3 is 0 Å². The lowest BCUT2D eigenvalue weighted by atomic mass is 10.1. The molecular weight excluding hydrogens is 438 g/mol. The van der Waals surface area contributed by atoms with Crippen LogP contribution in [0, 0.1) is 4.77 Å². The SMILES string of the molecule is COc1ccc(-c2c(Br)c3cc(-c4ccccc4)nn3c3n[nH]c(=S)n23)cc1. The van der Waals surface area contributed by atoms with Crippen molar-refractivity contribution in [2.75, 3.05) is 7.11 Å². The van der Waals surface area contributed by atoms with Gasteiger partial charge in [0.25, 0.3) is 5.78 Å². The normalized spacial score (nSPS) is 11.4. The molecule has 0 saturated heterocycles. The van der Waals surface area contributed by atoms with Gasteiger partial charge in [-0.2, -0.15) is 9.61 Å². The van der Waals surface area contributed by atoms with E-state index in [1.54, 1.807) is 11.6 Å². The molecule has 8 heteroatoms. The Morgan fingerprint density at radius 3 is 2.50 bits per heavy atom. The van der Waals surface area contributed by atoms with Crippen molar-refractivity contribution in [3.63, 3.8) is 0 Å². The summed E-state index contributed by atoms with van der Waals surface area (Å²) in [6.45, 7) is 0. The van der Waals surface area contributed by atoms with Gasteiger partial charge in [0, 0.05) is 11.1 Å². The Bertz CT molecular complexity index is 1370. The summed E-state index contributed by atoms with van der Waals surface area (Å²) in [5, 5.41) is 12.1. The van der Waals surface area contributed by atoms with E-state index < -0.39 is 0 Å². The lowest BCUT2D eigenvalue weighted by Gasteiger charge is -2.10. The monoisotopic (exact) mass is 451 g/mol. The number of hydrogen-bond acceptors (Lipinski definition) is 4. The van der Waals surface area contributed by atoms with Crippen molar-refractivity contribution in [2.45, 2.75) is 0 Å². The topological polar surface area (TPSA) is 59.6 Å². The van der Waals surface area contributed by atoms with E-state index in [0.29, 0.717) is 10.5 Å². The molecule has 2 aromatic carbocycles. The fourth-order valence-electron chi connectivity index (χ4n) is 3.30. The minimum absolute atomic E-state index is 0.500. The zero-order valence-electron chi connectivity index (χ0n) is 14.8. The maximum absolute atomic E-state index is 5.50. The number of H-pyrrole nitrogens is 1. The summed E-state index contributed by atoms with van der Waals surface area (Å²) in [6, 6.07) is 19.9. The molecule has 0 saturated carbocycles. The number of ether oxygens (including phenoxy) is 1. The molecule has 0 aliphatic heterocycles. The average molecular weight is 452 g/mol. The van der Waals surface area contributed by atoms with Gasteiger partial charge in [0.2, 0.25) is 4.77 Å². The number of aromatic amines is 1. The van der Waals surface area contributed by atoms with Gasteiger partial charge in [-0.3, -0.25) is 4.40 Å². The van der Waals surface area contributed by atoms with Crippen molar-refractivity contribution in [1.82, 2.24) is 24.2 Å². The molecule has 0 amide bonds. The summed E-state index contributed by atoms with van der Waals surface area (Å²) in [5.74, 6) is 1.42. The van der Waals surface area contributed by atoms with Crippen LogP contribution >= 0.6 is 28.1 Å². The summed E-state index contributed by atoms with van der Waals surface area (Å²) in [5.41, 5.74) is 4.70. The standard InChI is InChI=1S/C20H14BrN5OS/c1-27-14-9-7-13(8-10-14)18-17(21)16-11-15(12-5-3-2-4-6-12)24-26(16)19-22-23-20(28)25(18)19/h2-11H,1H3,(H,23,28). The summed E-state index contributed by atoms with van der Waals surface area (Å²) >= 11 is 9.28. The van der Waals surface area contributed by atoms with Crippen LogP contribution in [0.25, 0.3) is 33.8 Å². The quantitative estimate of drug-likeness (QED) is 0.385. The van der Waals surface area contributed by atoms with Gasteiger partial charge in [-0.15, -0.1) is 5.10 Å². The number of nitrogens with one attached hydrogen (secondary N) is 1. The maximum atomic E-state index is 5.50. The van der Waals surface area contributed by atoms with E-state index in [9.17, 15) is 0 Å². The Morgan fingerprint density at radius 1 is 1.04 bits per heavy atom. The van der Waals surface area contributed by atoms with Crippen molar-refractivity contribution in [2.24, 2.45) is 0 Å². The third-order valence-electron chi connectivity index (χ3n) is 4.64. The van der Waals surface area contributed by atoms with Crippen LogP contribution in [0.3, 0.4) is 0 Å². The zero-order chi connectivity index (χ0) is 19.3. The molecular formula is C20H14BrN5OS. The molecule has 5 aromatic rings. The van der Waals surface area contributed by atoms with Gasteiger partial charge in [0.15, 0.2) is 0 Å². The minimum Gasteiger partial charge on any atom is -0.497 e. The number of aromatic nitrogens is 5. The zero-order valence-corrected chi connectivity index (χ0v) is 17.2. The second-order valence-electron chi connectivity index (χ2n) is 6.25. The number of fused-ring (bicyclic) bond motifs is 3. The Balaban J connectivity index is 1.85. The highest BCUT2D eigenvalue weighted by Gasteiger charge is 2.19. The van der Waals surface area contributed by atoms with Gasteiger partial charge in [0.1, 0.15) is 5.75 Å². The van der Waals surface area contributed by atoms with Gasteiger partial charge in [-0.1, -0.05) is 30.3 Å². The van der Waals surface area contributed by atoms with Crippen molar-refractivity contribution < 1.29 is 4.74 Å². The van der Waals surface area contributed by atoms with Crippen molar-refractivity contribution in [1.29, 1.82) is 0 Å². The molecule has 5 rings (SSSR count). The van der Waals surface area contributed by atoms with E-state index in [2.05, 4.69) is 26.1 Å². The first-order valence-electron chi connectivity index (χ1n) is 8.55. The largest absolute Gasteiger partial charge is 0.497 e. The fraction of sp³-hybridized carbons (Fsp3) is 0.0500. The van der Waals surface area contributed by atoms with Gasteiger partial charge in [0.05, 0.1) is 28.5 Å². The highest BCUT2D eigenvalue weighted by Crippen LogP contribution is 2.35. The third kappa shape index (κ3) is 2.56.